The van der Waals surface area contributed by atoms with Gasteiger partial charge in [-0.1, -0.05) is 18.2 Å². The molecule has 0 unspecified atom stereocenters. The van der Waals surface area contributed by atoms with Crippen LogP contribution >= 0.6 is 0 Å². The van der Waals surface area contributed by atoms with Gasteiger partial charge in [-0.05, 0) is 38.9 Å². The van der Waals surface area contributed by atoms with E-state index in [0.29, 0.717) is 13.2 Å². The smallest absolute Gasteiger partial charge is 0.310 e. The van der Waals surface area contributed by atoms with E-state index >= 15 is 0 Å². The zero-order chi connectivity index (χ0) is 13.4. The largest absolute Gasteiger partial charge is 0.494 e. The molecule has 1 aromatic rings. The van der Waals surface area contributed by atoms with E-state index in [1.165, 1.54) is 0 Å². The van der Waals surface area contributed by atoms with E-state index in [-0.39, 0.29) is 0 Å². The molecule has 0 heterocycles. The van der Waals surface area contributed by atoms with Crippen LogP contribution in [0.4, 0.5) is 0 Å². The van der Waals surface area contributed by atoms with E-state index in [1.807, 2.05) is 30.3 Å². The van der Waals surface area contributed by atoms with Crippen LogP contribution in [0.25, 0.3) is 0 Å². The first-order valence-corrected chi connectivity index (χ1v) is 6.14. The fourth-order valence-electron chi connectivity index (χ4n) is 1.38. The van der Waals surface area contributed by atoms with Gasteiger partial charge in [0.05, 0.1) is 12.0 Å². The van der Waals surface area contributed by atoms with Gasteiger partial charge in [0.15, 0.2) is 0 Å². The van der Waals surface area contributed by atoms with Crippen LogP contribution in [0.5, 0.6) is 5.75 Å². The second-order valence-electron chi connectivity index (χ2n) is 4.88. The van der Waals surface area contributed by atoms with Crippen LogP contribution in [-0.2, 0) is 4.79 Å². The molecule has 0 aromatic heterocycles. The SMILES string of the molecule is CC(C)(CNCCCOc1ccccc1)C(=O)O. The van der Waals surface area contributed by atoms with Crippen molar-refractivity contribution in [2.75, 3.05) is 19.7 Å². The molecule has 100 valence electrons. The Morgan fingerprint density at radius 2 is 2.00 bits per heavy atom. The van der Waals surface area contributed by atoms with Crippen LogP contribution in [0.15, 0.2) is 30.3 Å². The molecule has 0 atom stereocenters. The highest BCUT2D eigenvalue weighted by atomic mass is 16.5. The van der Waals surface area contributed by atoms with Gasteiger partial charge in [-0.2, -0.15) is 0 Å². The van der Waals surface area contributed by atoms with Crippen molar-refractivity contribution in [3.8, 4) is 5.75 Å². The van der Waals surface area contributed by atoms with E-state index in [2.05, 4.69) is 5.32 Å². The number of benzene rings is 1. The molecule has 0 saturated heterocycles. The maximum Gasteiger partial charge on any atom is 0.310 e. The van der Waals surface area contributed by atoms with Gasteiger partial charge in [0, 0.05) is 6.54 Å². The summed E-state index contributed by atoms with van der Waals surface area (Å²) in [7, 11) is 0. The van der Waals surface area contributed by atoms with Crippen LogP contribution in [-0.4, -0.2) is 30.8 Å². The van der Waals surface area contributed by atoms with E-state index in [0.717, 1.165) is 18.7 Å². The molecule has 0 aliphatic carbocycles. The normalized spacial score (nSPS) is 11.2. The molecule has 4 nitrogen and oxygen atoms in total. The predicted molar refractivity (Wildman–Crippen MR) is 70.8 cm³/mol. The van der Waals surface area contributed by atoms with Crippen molar-refractivity contribution in [3.05, 3.63) is 30.3 Å². The molecule has 0 spiro atoms. The Balaban J connectivity index is 2.08. The van der Waals surface area contributed by atoms with Gasteiger partial charge in [0.25, 0.3) is 0 Å². The number of para-hydroxylation sites is 1. The summed E-state index contributed by atoms with van der Waals surface area (Å²) in [5, 5.41) is 12.1. The lowest BCUT2D eigenvalue weighted by molar-refractivity contribution is -0.146. The van der Waals surface area contributed by atoms with Crippen molar-refractivity contribution in [2.24, 2.45) is 5.41 Å². The Hall–Kier alpha value is -1.55. The molecule has 0 fully saturated rings. The molecule has 4 heteroatoms. The highest BCUT2D eigenvalue weighted by Crippen LogP contribution is 2.13. The lowest BCUT2D eigenvalue weighted by Gasteiger charge is -2.19. The molecule has 0 aliphatic rings. The van der Waals surface area contributed by atoms with Gasteiger partial charge < -0.3 is 15.2 Å². The second kappa shape index (κ2) is 7.01. The molecule has 18 heavy (non-hydrogen) atoms. The topological polar surface area (TPSA) is 58.6 Å². The number of hydrogen-bond acceptors (Lipinski definition) is 3. The highest BCUT2D eigenvalue weighted by molar-refractivity contribution is 5.73. The summed E-state index contributed by atoms with van der Waals surface area (Å²) in [5.41, 5.74) is -0.722. The minimum absolute atomic E-state index is 0.466. The molecule has 0 bridgehead atoms. The lowest BCUT2D eigenvalue weighted by atomic mass is 9.94. The number of carbonyl (C=O) groups is 1. The summed E-state index contributed by atoms with van der Waals surface area (Å²) >= 11 is 0. The molecule has 1 aromatic carbocycles. The van der Waals surface area contributed by atoms with Crippen molar-refractivity contribution in [2.45, 2.75) is 20.3 Å². The quantitative estimate of drug-likeness (QED) is 0.695. The number of carboxylic acids is 1. The fraction of sp³-hybridized carbons (Fsp3) is 0.500. The molecular weight excluding hydrogens is 230 g/mol. The first kappa shape index (κ1) is 14.5. The van der Waals surface area contributed by atoms with Crippen LogP contribution < -0.4 is 10.1 Å². The van der Waals surface area contributed by atoms with Crippen molar-refractivity contribution in [1.82, 2.24) is 5.32 Å². The zero-order valence-electron chi connectivity index (χ0n) is 11.0. The third-order valence-corrected chi connectivity index (χ3v) is 2.66. The molecule has 0 saturated carbocycles. The maximum absolute atomic E-state index is 10.9. The van der Waals surface area contributed by atoms with E-state index in [4.69, 9.17) is 9.84 Å². The minimum atomic E-state index is -0.782. The van der Waals surface area contributed by atoms with E-state index in [9.17, 15) is 4.79 Å². The standard InChI is InChI=1S/C14H21NO3/c1-14(2,13(16)17)11-15-9-6-10-18-12-7-4-3-5-8-12/h3-5,7-8,15H,6,9-11H2,1-2H3,(H,16,17). The van der Waals surface area contributed by atoms with Gasteiger partial charge in [-0.25, -0.2) is 0 Å². The van der Waals surface area contributed by atoms with Crippen molar-refractivity contribution < 1.29 is 14.6 Å². The first-order chi connectivity index (χ1) is 8.52. The number of ether oxygens (including phenoxy) is 1. The van der Waals surface area contributed by atoms with Gasteiger partial charge >= 0.3 is 5.97 Å². The Kier molecular flexibility index (Phi) is 5.65. The van der Waals surface area contributed by atoms with E-state index in [1.54, 1.807) is 13.8 Å². The van der Waals surface area contributed by atoms with Gasteiger partial charge in [-0.15, -0.1) is 0 Å². The van der Waals surface area contributed by atoms with Crippen LogP contribution in [0.3, 0.4) is 0 Å². The summed E-state index contributed by atoms with van der Waals surface area (Å²) in [6.07, 6.45) is 0.852. The second-order valence-corrected chi connectivity index (χ2v) is 4.88. The fourth-order valence-corrected chi connectivity index (χ4v) is 1.38. The van der Waals surface area contributed by atoms with Gasteiger partial charge in [-0.3, -0.25) is 4.79 Å². The van der Waals surface area contributed by atoms with Gasteiger partial charge in [0.1, 0.15) is 5.75 Å². The number of aliphatic carboxylic acids is 1. The summed E-state index contributed by atoms with van der Waals surface area (Å²) in [4.78, 5) is 10.9. The maximum atomic E-state index is 10.9. The zero-order valence-corrected chi connectivity index (χ0v) is 11.0. The van der Waals surface area contributed by atoms with Crippen molar-refractivity contribution >= 4 is 5.97 Å². The third kappa shape index (κ3) is 5.19. The first-order valence-electron chi connectivity index (χ1n) is 6.14. The number of hydrogen-bond donors (Lipinski definition) is 2. The highest BCUT2D eigenvalue weighted by Gasteiger charge is 2.26. The third-order valence-electron chi connectivity index (χ3n) is 2.66. The summed E-state index contributed by atoms with van der Waals surface area (Å²) in [6, 6.07) is 9.65. The number of rotatable bonds is 8. The minimum Gasteiger partial charge on any atom is -0.494 e. The van der Waals surface area contributed by atoms with E-state index < -0.39 is 11.4 Å². The average molecular weight is 251 g/mol. The Labute approximate surface area is 108 Å². The monoisotopic (exact) mass is 251 g/mol. The molecular formula is C14H21NO3. The number of nitrogens with one attached hydrogen (secondary N) is 1. The van der Waals surface area contributed by atoms with Crippen LogP contribution in [0, 0.1) is 5.41 Å². The van der Waals surface area contributed by atoms with Gasteiger partial charge in [0.2, 0.25) is 0 Å². The van der Waals surface area contributed by atoms with Crippen LogP contribution in [0.1, 0.15) is 20.3 Å². The summed E-state index contributed by atoms with van der Waals surface area (Å²) < 4.78 is 5.53. The summed E-state index contributed by atoms with van der Waals surface area (Å²) in [6.45, 7) is 5.27. The van der Waals surface area contributed by atoms with Crippen LogP contribution in [0.2, 0.25) is 0 Å². The van der Waals surface area contributed by atoms with Crippen molar-refractivity contribution in [3.63, 3.8) is 0 Å². The summed E-state index contributed by atoms with van der Waals surface area (Å²) in [5.74, 6) is 0.0823. The Morgan fingerprint density at radius 3 is 2.61 bits per heavy atom. The molecule has 2 N–H and O–H groups in total. The molecule has 0 amide bonds. The predicted octanol–water partition coefficient (Wildman–Crippen LogP) is 2.16. The molecule has 1 rings (SSSR count). The Morgan fingerprint density at radius 1 is 1.33 bits per heavy atom. The Bertz CT molecular complexity index is 363. The number of carboxylic acid groups (broad SMARTS) is 1. The lowest BCUT2D eigenvalue weighted by Crippen LogP contribution is -2.36. The molecule has 0 radical (unpaired) electrons. The van der Waals surface area contributed by atoms with Crippen molar-refractivity contribution in [1.29, 1.82) is 0 Å². The average Bonchev–Trinajstić information content (AvgIpc) is 2.34. The molecule has 0 aliphatic heterocycles.